The quantitative estimate of drug-likeness (QED) is 0.801. The fourth-order valence-electron chi connectivity index (χ4n) is 1.60. The molecule has 1 amide bonds. The van der Waals surface area contributed by atoms with E-state index >= 15 is 0 Å². The molecular weight excluding hydrogens is 266 g/mol. The Morgan fingerprint density at radius 3 is 2.26 bits per heavy atom. The second kappa shape index (κ2) is 6.14. The minimum Gasteiger partial charge on any atom is -0.348 e. The van der Waals surface area contributed by atoms with Gasteiger partial charge in [0.05, 0.1) is 17.5 Å². The Balaban J connectivity index is 2.73. The Morgan fingerprint density at radius 2 is 1.84 bits per heavy atom. The van der Waals surface area contributed by atoms with Crippen molar-refractivity contribution in [2.45, 2.75) is 17.9 Å². The van der Waals surface area contributed by atoms with Gasteiger partial charge in [-0.3, -0.25) is 4.79 Å². The van der Waals surface area contributed by atoms with Gasteiger partial charge in [-0.25, -0.2) is 13.6 Å². The standard InChI is InChI=1S/C12H19N3O3S/c1-9(14-12(16)8-15(2)3)10-4-6-11(7-5-10)19(13,17)18/h4-7,9H,8H2,1-3H3,(H,14,16)(H2,13,17,18). The van der Waals surface area contributed by atoms with Crippen LogP contribution >= 0.6 is 0 Å². The molecule has 6 nitrogen and oxygen atoms in total. The molecule has 1 rings (SSSR count). The molecule has 106 valence electrons. The van der Waals surface area contributed by atoms with E-state index in [1.54, 1.807) is 17.0 Å². The highest BCUT2D eigenvalue weighted by atomic mass is 32.2. The first-order chi connectivity index (χ1) is 8.70. The minimum absolute atomic E-state index is 0.0584. The maximum Gasteiger partial charge on any atom is 0.238 e. The SMILES string of the molecule is CC(NC(=O)CN(C)C)c1ccc(S(N)(=O)=O)cc1. The summed E-state index contributed by atoms with van der Waals surface area (Å²) in [5.41, 5.74) is 0.819. The van der Waals surface area contributed by atoms with E-state index in [1.165, 1.54) is 12.1 Å². The van der Waals surface area contributed by atoms with Crippen molar-refractivity contribution in [1.29, 1.82) is 0 Å². The number of hydrogen-bond acceptors (Lipinski definition) is 4. The van der Waals surface area contributed by atoms with Gasteiger partial charge in [0.25, 0.3) is 0 Å². The summed E-state index contributed by atoms with van der Waals surface area (Å²) in [4.78, 5) is 13.4. The van der Waals surface area contributed by atoms with Gasteiger partial charge < -0.3 is 10.2 Å². The van der Waals surface area contributed by atoms with E-state index in [4.69, 9.17) is 5.14 Å². The molecule has 0 fully saturated rings. The van der Waals surface area contributed by atoms with Crippen LogP contribution in [0.4, 0.5) is 0 Å². The molecule has 0 aromatic heterocycles. The molecule has 3 N–H and O–H groups in total. The predicted octanol–water partition coefficient (Wildman–Crippen LogP) is 0.0728. The number of carbonyl (C=O) groups is 1. The van der Waals surface area contributed by atoms with Crippen LogP contribution in [0.2, 0.25) is 0 Å². The zero-order valence-electron chi connectivity index (χ0n) is 11.3. The van der Waals surface area contributed by atoms with Gasteiger partial charge in [-0.15, -0.1) is 0 Å². The lowest BCUT2D eigenvalue weighted by Crippen LogP contribution is -2.34. The molecule has 0 aliphatic rings. The lowest BCUT2D eigenvalue weighted by atomic mass is 10.1. The van der Waals surface area contributed by atoms with Gasteiger partial charge in [-0.1, -0.05) is 12.1 Å². The normalized spacial score (nSPS) is 13.3. The van der Waals surface area contributed by atoms with Crippen molar-refractivity contribution >= 4 is 15.9 Å². The van der Waals surface area contributed by atoms with Crippen LogP contribution in [0.25, 0.3) is 0 Å². The molecule has 1 aromatic rings. The number of likely N-dealkylation sites (N-methyl/N-ethyl adjacent to an activating group) is 1. The smallest absolute Gasteiger partial charge is 0.238 e. The van der Waals surface area contributed by atoms with E-state index in [9.17, 15) is 13.2 Å². The third kappa shape index (κ3) is 4.98. The molecule has 0 aliphatic heterocycles. The van der Waals surface area contributed by atoms with Crippen molar-refractivity contribution < 1.29 is 13.2 Å². The first-order valence-electron chi connectivity index (χ1n) is 5.77. The zero-order valence-corrected chi connectivity index (χ0v) is 12.1. The zero-order chi connectivity index (χ0) is 14.6. The second-order valence-corrected chi connectivity index (χ2v) is 6.20. The predicted molar refractivity (Wildman–Crippen MR) is 72.9 cm³/mol. The Kier molecular flexibility index (Phi) is 5.04. The van der Waals surface area contributed by atoms with Gasteiger partial charge in [-0.05, 0) is 38.7 Å². The lowest BCUT2D eigenvalue weighted by molar-refractivity contribution is -0.122. The molecule has 1 aromatic carbocycles. The van der Waals surface area contributed by atoms with Crippen LogP contribution in [0.1, 0.15) is 18.5 Å². The summed E-state index contributed by atoms with van der Waals surface area (Å²) in [6.45, 7) is 2.14. The van der Waals surface area contributed by atoms with Crippen LogP contribution in [-0.2, 0) is 14.8 Å². The van der Waals surface area contributed by atoms with Crippen molar-refractivity contribution in [1.82, 2.24) is 10.2 Å². The Bertz CT molecular complexity index is 538. The summed E-state index contributed by atoms with van der Waals surface area (Å²) in [5, 5.41) is 7.84. The van der Waals surface area contributed by atoms with Gasteiger partial charge in [0, 0.05) is 0 Å². The maximum atomic E-state index is 11.6. The molecule has 0 heterocycles. The number of amides is 1. The molecule has 1 atom stereocenters. The van der Waals surface area contributed by atoms with Crippen molar-refractivity contribution in [3.8, 4) is 0 Å². The number of benzene rings is 1. The Hall–Kier alpha value is -1.44. The van der Waals surface area contributed by atoms with Crippen LogP contribution in [0.15, 0.2) is 29.2 Å². The molecule has 1 unspecified atom stereocenters. The molecule has 0 spiro atoms. The first-order valence-corrected chi connectivity index (χ1v) is 7.31. The van der Waals surface area contributed by atoms with Crippen molar-refractivity contribution in [3.63, 3.8) is 0 Å². The number of primary sulfonamides is 1. The van der Waals surface area contributed by atoms with E-state index in [0.29, 0.717) is 6.54 Å². The topological polar surface area (TPSA) is 92.5 Å². The number of sulfonamides is 1. The third-order valence-corrected chi connectivity index (χ3v) is 3.48. The lowest BCUT2D eigenvalue weighted by Gasteiger charge is -2.16. The number of rotatable bonds is 5. The molecule has 0 bridgehead atoms. The molecule has 0 aliphatic carbocycles. The van der Waals surface area contributed by atoms with Gasteiger partial charge >= 0.3 is 0 Å². The molecule has 0 saturated heterocycles. The number of nitrogens with one attached hydrogen (secondary N) is 1. The summed E-state index contributed by atoms with van der Waals surface area (Å²) in [6, 6.07) is 5.95. The van der Waals surface area contributed by atoms with Crippen LogP contribution in [0, 0.1) is 0 Å². The van der Waals surface area contributed by atoms with Crippen LogP contribution < -0.4 is 10.5 Å². The summed E-state index contributed by atoms with van der Waals surface area (Å²) in [7, 11) is -0.0569. The summed E-state index contributed by atoms with van der Waals surface area (Å²) in [5.74, 6) is -0.0898. The largest absolute Gasteiger partial charge is 0.348 e. The molecule has 7 heteroatoms. The van der Waals surface area contributed by atoms with Crippen molar-refractivity contribution in [2.75, 3.05) is 20.6 Å². The highest BCUT2D eigenvalue weighted by Gasteiger charge is 2.12. The third-order valence-electron chi connectivity index (χ3n) is 2.55. The number of nitrogens with two attached hydrogens (primary N) is 1. The highest BCUT2D eigenvalue weighted by Crippen LogP contribution is 2.15. The van der Waals surface area contributed by atoms with E-state index in [2.05, 4.69) is 5.32 Å². The van der Waals surface area contributed by atoms with Gasteiger partial charge in [0.15, 0.2) is 0 Å². The van der Waals surface area contributed by atoms with E-state index < -0.39 is 10.0 Å². The Labute approximate surface area is 113 Å². The average molecular weight is 285 g/mol. The summed E-state index contributed by atoms with van der Waals surface area (Å²) < 4.78 is 22.2. The minimum atomic E-state index is -3.68. The van der Waals surface area contributed by atoms with E-state index in [0.717, 1.165) is 5.56 Å². The number of nitrogens with zero attached hydrogens (tertiary/aromatic N) is 1. The molecule has 0 radical (unpaired) electrons. The number of carbonyl (C=O) groups excluding carboxylic acids is 1. The highest BCUT2D eigenvalue weighted by molar-refractivity contribution is 7.89. The maximum absolute atomic E-state index is 11.6. The summed E-state index contributed by atoms with van der Waals surface area (Å²) in [6.07, 6.45) is 0. The second-order valence-electron chi connectivity index (χ2n) is 4.64. The monoisotopic (exact) mass is 285 g/mol. The first kappa shape index (κ1) is 15.6. The fourth-order valence-corrected chi connectivity index (χ4v) is 2.12. The van der Waals surface area contributed by atoms with E-state index in [-0.39, 0.29) is 16.8 Å². The molecule has 0 saturated carbocycles. The van der Waals surface area contributed by atoms with Crippen molar-refractivity contribution in [3.05, 3.63) is 29.8 Å². The number of hydrogen-bond donors (Lipinski definition) is 2. The average Bonchev–Trinajstić information content (AvgIpc) is 2.26. The van der Waals surface area contributed by atoms with Gasteiger partial charge in [-0.2, -0.15) is 0 Å². The van der Waals surface area contributed by atoms with Crippen LogP contribution in [-0.4, -0.2) is 39.9 Å². The van der Waals surface area contributed by atoms with E-state index in [1.807, 2.05) is 21.0 Å². The van der Waals surface area contributed by atoms with Gasteiger partial charge in [0.2, 0.25) is 15.9 Å². The van der Waals surface area contributed by atoms with Gasteiger partial charge in [0.1, 0.15) is 0 Å². The van der Waals surface area contributed by atoms with Crippen molar-refractivity contribution in [2.24, 2.45) is 5.14 Å². The summed E-state index contributed by atoms with van der Waals surface area (Å²) >= 11 is 0. The molecular formula is C12H19N3O3S. The van der Waals surface area contributed by atoms with Crippen LogP contribution in [0.3, 0.4) is 0 Å². The Morgan fingerprint density at radius 1 is 1.32 bits per heavy atom. The fraction of sp³-hybridized carbons (Fsp3) is 0.417. The van der Waals surface area contributed by atoms with Crippen LogP contribution in [0.5, 0.6) is 0 Å². The molecule has 19 heavy (non-hydrogen) atoms.